The highest BCUT2D eigenvalue weighted by Crippen LogP contribution is 2.54. The molecule has 1 heterocycles. The van der Waals surface area contributed by atoms with Gasteiger partial charge in [0.1, 0.15) is 16.9 Å². The zero-order chi connectivity index (χ0) is 19.2. The van der Waals surface area contributed by atoms with E-state index in [1.807, 2.05) is 6.07 Å². The van der Waals surface area contributed by atoms with E-state index < -0.39 is 11.9 Å². The van der Waals surface area contributed by atoms with E-state index in [-0.39, 0.29) is 23.2 Å². The van der Waals surface area contributed by atoms with Crippen LogP contribution in [0.2, 0.25) is 0 Å². The summed E-state index contributed by atoms with van der Waals surface area (Å²) < 4.78 is 16.8. The maximum atomic E-state index is 12.4. The van der Waals surface area contributed by atoms with E-state index in [2.05, 4.69) is 26.8 Å². The van der Waals surface area contributed by atoms with E-state index in [1.165, 1.54) is 19.6 Å². The highest BCUT2D eigenvalue weighted by molar-refractivity contribution is 5.96. The number of allylic oxidation sites excluding steroid dienone is 2. The van der Waals surface area contributed by atoms with Gasteiger partial charge in [0.25, 0.3) is 0 Å². The SMILES string of the molecule is COC(=O)c1c(C)cc2c(c1OC(C)=O)C1C=C(C)CCC1C(C)(C)O2. The Bertz CT molecular complexity index is 803. The molecular formula is C21H26O5. The Kier molecular flexibility index (Phi) is 4.59. The molecule has 2 unspecified atom stereocenters. The smallest absolute Gasteiger partial charge is 0.341 e. The second kappa shape index (κ2) is 6.45. The van der Waals surface area contributed by atoms with Crippen molar-refractivity contribution in [2.24, 2.45) is 5.92 Å². The summed E-state index contributed by atoms with van der Waals surface area (Å²) in [6.45, 7) is 9.43. The van der Waals surface area contributed by atoms with Gasteiger partial charge in [-0.2, -0.15) is 0 Å². The first-order valence-electron chi connectivity index (χ1n) is 8.96. The lowest BCUT2D eigenvalue weighted by molar-refractivity contribution is -0.132. The van der Waals surface area contributed by atoms with Crippen LogP contribution in [-0.4, -0.2) is 24.6 Å². The van der Waals surface area contributed by atoms with Crippen LogP contribution in [0.1, 0.15) is 67.9 Å². The van der Waals surface area contributed by atoms with Gasteiger partial charge in [0.2, 0.25) is 0 Å². The Balaban J connectivity index is 2.32. The van der Waals surface area contributed by atoms with Gasteiger partial charge >= 0.3 is 11.9 Å². The van der Waals surface area contributed by atoms with Crippen molar-refractivity contribution < 1.29 is 23.8 Å². The topological polar surface area (TPSA) is 61.8 Å². The van der Waals surface area contributed by atoms with Crippen LogP contribution in [0.15, 0.2) is 17.7 Å². The average Bonchev–Trinajstić information content (AvgIpc) is 2.52. The lowest BCUT2D eigenvalue weighted by Crippen LogP contribution is -2.45. The van der Waals surface area contributed by atoms with Gasteiger partial charge in [-0.1, -0.05) is 11.6 Å². The number of hydrogen-bond acceptors (Lipinski definition) is 5. The predicted octanol–water partition coefficient (Wildman–Crippen LogP) is 4.32. The molecule has 0 N–H and O–H groups in total. The third kappa shape index (κ3) is 3.00. The molecule has 0 spiro atoms. The number of carbonyl (C=O) groups excluding carboxylic acids is 2. The summed E-state index contributed by atoms with van der Waals surface area (Å²) in [5, 5.41) is 0. The Hall–Kier alpha value is -2.30. The molecule has 0 radical (unpaired) electrons. The monoisotopic (exact) mass is 358 g/mol. The fourth-order valence-electron chi connectivity index (χ4n) is 4.27. The molecule has 0 fully saturated rings. The van der Waals surface area contributed by atoms with Crippen molar-refractivity contribution in [1.82, 2.24) is 0 Å². The van der Waals surface area contributed by atoms with Crippen LogP contribution in [0.3, 0.4) is 0 Å². The summed E-state index contributed by atoms with van der Waals surface area (Å²) in [7, 11) is 1.33. The molecular weight excluding hydrogens is 332 g/mol. The number of aryl methyl sites for hydroxylation is 1. The van der Waals surface area contributed by atoms with Crippen LogP contribution in [0.25, 0.3) is 0 Å². The molecule has 0 amide bonds. The summed E-state index contributed by atoms with van der Waals surface area (Å²) in [6.07, 6.45) is 4.23. The highest BCUT2D eigenvalue weighted by Gasteiger charge is 2.46. The number of ether oxygens (including phenoxy) is 3. The molecule has 5 nitrogen and oxygen atoms in total. The van der Waals surface area contributed by atoms with E-state index in [0.29, 0.717) is 16.9 Å². The molecule has 1 aliphatic heterocycles. The molecule has 1 aliphatic carbocycles. The average molecular weight is 358 g/mol. The van der Waals surface area contributed by atoms with Gasteiger partial charge < -0.3 is 14.2 Å². The van der Waals surface area contributed by atoms with E-state index in [9.17, 15) is 9.59 Å². The van der Waals surface area contributed by atoms with Crippen LogP contribution in [0, 0.1) is 12.8 Å². The number of esters is 2. The van der Waals surface area contributed by atoms with Crippen molar-refractivity contribution in [3.05, 3.63) is 34.4 Å². The van der Waals surface area contributed by atoms with Crippen molar-refractivity contribution in [1.29, 1.82) is 0 Å². The summed E-state index contributed by atoms with van der Waals surface area (Å²) in [6, 6.07) is 1.85. The molecule has 3 rings (SSSR count). The van der Waals surface area contributed by atoms with Crippen LogP contribution in [0.4, 0.5) is 0 Å². The van der Waals surface area contributed by atoms with E-state index in [1.54, 1.807) is 6.92 Å². The minimum absolute atomic E-state index is 0.0286. The van der Waals surface area contributed by atoms with E-state index in [4.69, 9.17) is 14.2 Å². The molecule has 1 aromatic carbocycles. The maximum Gasteiger partial charge on any atom is 0.341 e. The lowest BCUT2D eigenvalue weighted by atomic mass is 9.67. The van der Waals surface area contributed by atoms with Gasteiger partial charge in [0.15, 0.2) is 5.75 Å². The van der Waals surface area contributed by atoms with Crippen LogP contribution < -0.4 is 9.47 Å². The largest absolute Gasteiger partial charge is 0.487 e. The highest BCUT2D eigenvalue weighted by atomic mass is 16.5. The van der Waals surface area contributed by atoms with E-state index in [0.717, 1.165) is 18.4 Å². The molecule has 0 aromatic heterocycles. The van der Waals surface area contributed by atoms with Crippen molar-refractivity contribution in [2.75, 3.05) is 7.11 Å². The van der Waals surface area contributed by atoms with Crippen molar-refractivity contribution in [2.45, 2.75) is 59.0 Å². The fraction of sp³-hybridized carbons (Fsp3) is 0.524. The Morgan fingerprint density at radius 2 is 1.96 bits per heavy atom. The normalized spacial score (nSPS) is 23.1. The first kappa shape index (κ1) is 18.5. The van der Waals surface area contributed by atoms with Gasteiger partial charge in [-0.05, 0) is 52.2 Å². The molecule has 2 atom stereocenters. The molecule has 0 saturated heterocycles. The molecule has 140 valence electrons. The lowest BCUT2D eigenvalue weighted by Gasteiger charge is -2.46. The standard InChI is InChI=1S/C21H26O5/c1-11-7-8-15-14(9-11)18-16(26-21(15,4)5)10-12(2)17(20(23)24-6)19(18)25-13(3)22/h9-10,14-15H,7-8H2,1-6H3. The predicted molar refractivity (Wildman–Crippen MR) is 97.8 cm³/mol. The Morgan fingerprint density at radius 3 is 2.58 bits per heavy atom. The van der Waals surface area contributed by atoms with Crippen molar-refractivity contribution in [3.8, 4) is 11.5 Å². The number of hydrogen-bond donors (Lipinski definition) is 0. The molecule has 0 bridgehead atoms. The number of carbonyl (C=O) groups is 2. The second-order valence-electron chi connectivity index (χ2n) is 7.78. The molecule has 26 heavy (non-hydrogen) atoms. The maximum absolute atomic E-state index is 12.4. The first-order valence-corrected chi connectivity index (χ1v) is 8.96. The fourth-order valence-corrected chi connectivity index (χ4v) is 4.27. The zero-order valence-electron chi connectivity index (χ0n) is 16.3. The van der Waals surface area contributed by atoms with Gasteiger partial charge in [0, 0.05) is 24.3 Å². The number of fused-ring (bicyclic) bond motifs is 3. The number of methoxy groups -OCH3 is 1. The number of rotatable bonds is 2. The van der Waals surface area contributed by atoms with Gasteiger partial charge in [-0.15, -0.1) is 0 Å². The van der Waals surface area contributed by atoms with Crippen LogP contribution in [0.5, 0.6) is 11.5 Å². The molecule has 5 heteroatoms. The minimum Gasteiger partial charge on any atom is -0.487 e. The van der Waals surface area contributed by atoms with Gasteiger partial charge in [-0.25, -0.2) is 4.79 Å². The second-order valence-corrected chi connectivity index (χ2v) is 7.78. The summed E-state index contributed by atoms with van der Waals surface area (Å²) >= 11 is 0. The molecule has 0 saturated carbocycles. The van der Waals surface area contributed by atoms with E-state index >= 15 is 0 Å². The van der Waals surface area contributed by atoms with Crippen molar-refractivity contribution in [3.63, 3.8) is 0 Å². The summed E-state index contributed by atoms with van der Waals surface area (Å²) in [5.41, 5.74) is 2.68. The van der Waals surface area contributed by atoms with Crippen LogP contribution >= 0.6 is 0 Å². The third-order valence-corrected chi connectivity index (χ3v) is 5.46. The van der Waals surface area contributed by atoms with Gasteiger partial charge in [0.05, 0.1) is 7.11 Å². The Labute approximate surface area is 154 Å². The molecule has 2 aliphatic rings. The minimum atomic E-state index is -0.514. The number of benzene rings is 1. The van der Waals surface area contributed by atoms with Crippen LogP contribution in [-0.2, 0) is 9.53 Å². The summed E-state index contributed by atoms with van der Waals surface area (Å²) in [5.74, 6) is 0.224. The summed E-state index contributed by atoms with van der Waals surface area (Å²) in [4.78, 5) is 24.2. The first-order chi connectivity index (χ1) is 12.2. The quantitative estimate of drug-likeness (QED) is 0.448. The zero-order valence-corrected chi connectivity index (χ0v) is 16.3. The van der Waals surface area contributed by atoms with Gasteiger partial charge in [-0.3, -0.25) is 4.79 Å². The Morgan fingerprint density at radius 1 is 1.27 bits per heavy atom. The third-order valence-electron chi connectivity index (χ3n) is 5.46. The van der Waals surface area contributed by atoms with Crippen molar-refractivity contribution >= 4 is 11.9 Å². The molecule has 1 aromatic rings.